The highest BCUT2D eigenvalue weighted by Crippen LogP contribution is 2.29. The number of hydrogen-bond donors (Lipinski definition) is 1. The molecule has 2 heterocycles. The first-order valence-electron chi connectivity index (χ1n) is 8.30. The summed E-state index contributed by atoms with van der Waals surface area (Å²) in [6, 6.07) is 14.0. The largest absolute Gasteiger partial charge is 0.497 e. The van der Waals surface area contributed by atoms with Gasteiger partial charge >= 0.3 is 6.55 Å². The summed E-state index contributed by atoms with van der Waals surface area (Å²) in [6.07, 6.45) is 0. The third-order valence-electron chi connectivity index (χ3n) is 4.21. The fourth-order valence-corrected chi connectivity index (χ4v) is 3.64. The molecule has 2 N–H and O–H groups in total. The van der Waals surface area contributed by atoms with Gasteiger partial charge in [-0.2, -0.15) is 8.78 Å². The average Bonchev–Trinajstić information content (AvgIpc) is 3.26. The van der Waals surface area contributed by atoms with E-state index < -0.39 is 6.55 Å². The number of halogens is 2. The molecule has 0 saturated heterocycles. The van der Waals surface area contributed by atoms with Crippen LogP contribution in [0.3, 0.4) is 0 Å². The number of ether oxygens (including phenoxy) is 1. The number of nitrogen functional groups attached to an aromatic ring is 1. The summed E-state index contributed by atoms with van der Waals surface area (Å²) in [5.41, 5.74) is 1.68. The predicted molar refractivity (Wildman–Crippen MR) is 103 cm³/mol. The Morgan fingerprint density at radius 2 is 1.86 bits per heavy atom. The number of nitrogens with two attached hydrogens (primary N) is 1. The molecule has 4 rings (SSSR count). The number of para-hydroxylation sites is 2. The minimum absolute atomic E-state index is 0.178. The second-order valence-electron chi connectivity index (χ2n) is 5.86. The lowest BCUT2D eigenvalue weighted by Gasteiger charge is -2.07. The fourth-order valence-electron chi connectivity index (χ4n) is 2.86. The number of nitrogens with zero attached hydrogens (tertiary/aromatic N) is 5. The smallest absolute Gasteiger partial charge is 0.320 e. The molecule has 10 heteroatoms. The molecule has 28 heavy (non-hydrogen) atoms. The van der Waals surface area contributed by atoms with Gasteiger partial charge in [0.1, 0.15) is 11.6 Å². The van der Waals surface area contributed by atoms with E-state index in [4.69, 9.17) is 10.6 Å². The standard InChI is InChI=1S/C18H16F2N6OS/c1-27-12-8-6-11(7-9-12)16-23-24-18(26(16)21)28-10-15-22-13-4-2-3-5-14(13)25(15)17(19)20/h2-9,17H,10,21H2,1H3. The number of aromatic nitrogens is 5. The summed E-state index contributed by atoms with van der Waals surface area (Å²) in [7, 11) is 1.59. The first-order chi connectivity index (χ1) is 13.6. The van der Waals surface area contributed by atoms with Crippen molar-refractivity contribution in [3.63, 3.8) is 0 Å². The lowest BCUT2D eigenvalue weighted by Crippen LogP contribution is -2.12. The Kier molecular flexibility index (Phi) is 4.86. The van der Waals surface area contributed by atoms with Gasteiger partial charge in [-0.3, -0.25) is 4.57 Å². The van der Waals surface area contributed by atoms with Crippen LogP contribution in [0.15, 0.2) is 53.7 Å². The van der Waals surface area contributed by atoms with Crippen LogP contribution in [0.2, 0.25) is 0 Å². The molecule has 7 nitrogen and oxygen atoms in total. The van der Waals surface area contributed by atoms with Gasteiger partial charge in [0.2, 0.25) is 5.16 Å². The zero-order valence-electron chi connectivity index (χ0n) is 14.8. The maximum atomic E-state index is 13.5. The molecule has 0 aliphatic rings. The van der Waals surface area contributed by atoms with E-state index >= 15 is 0 Å². The number of hydrogen-bond acceptors (Lipinski definition) is 6. The Bertz CT molecular complexity index is 1110. The van der Waals surface area contributed by atoms with E-state index in [2.05, 4.69) is 15.2 Å². The summed E-state index contributed by atoms with van der Waals surface area (Å²) in [5, 5.41) is 8.58. The highest BCUT2D eigenvalue weighted by Gasteiger charge is 2.19. The zero-order chi connectivity index (χ0) is 19.7. The number of fused-ring (bicyclic) bond motifs is 1. The van der Waals surface area contributed by atoms with Crippen LogP contribution in [-0.4, -0.2) is 31.5 Å². The van der Waals surface area contributed by atoms with Gasteiger partial charge in [0.25, 0.3) is 0 Å². The number of rotatable bonds is 6. The molecule has 0 fully saturated rings. The van der Waals surface area contributed by atoms with Gasteiger partial charge in [-0.25, -0.2) is 9.66 Å². The van der Waals surface area contributed by atoms with Crippen molar-refractivity contribution in [2.45, 2.75) is 17.5 Å². The van der Waals surface area contributed by atoms with E-state index in [1.54, 1.807) is 43.5 Å². The topological polar surface area (TPSA) is 83.8 Å². The van der Waals surface area contributed by atoms with Gasteiger partial charge in [0, 0.05) is 5.56 Å². The third kappa shape index (κ3) is 3.26. The zero-order valence-corrected chi connectivity index (χ0v) is 15.6. The first kappa shape index (κ1) is 18.2. The second-order valence-corrected chi connectivity index (χ2v) is 6.80. The lowest BCUT2D eigenvalue weighted by molar-refractivity contribution is 0.0722. The number of methoxy groups -OCH3 is 1. The van der Waals surface area contributed by atoms with Crippen LogP contribution < -0.4 is 10.6 Å². The van der Waals surface area contributed by atoms with Gasteiger partial charge in [0.15, 0.2) is 5.82 Å². The van der Waals surface area contributed by atoms with Crippen LogP contribution in [0.4, 0.5) is 8.78 Å². The van der Waals surface area contributed by atoms with Crippen LogP contribution in [0.5, 0.6) is 5.75 Å². The van der Waals surface area contributed by atoms with Crippen molar-refractivity contribution in [1.29, 1.82) is 0 Å². The van der Waals surface area contributed by atoms with E-state index in [9.17, 15) is 8.78 Å². The first-order valence-corrected chi connectivity index (χ1v) is 9.28. The van der Waals surface area contributed by atoms with Crippen LogP contribution in [0.25, 0.3) is 22.4 Å². The number of thioether (sulfide) groups is 1. The maximum absolute atomic E-state index is 13.5. The van der Waals surface area contributed by atoms with Crippen LogP contribution in [-0.2, 0) is 5.75 Å². The minimum atomic E-state index is -2.69. The van der Waals surface area contributed by atoms with Crippen LogP contribution in [0, 0.1) is 0 Å². The van der Waals surface area contributed by atoms with E-state index in [1.807, 2.05) is 12.1 Å². The average molecular weight is 402 g/mol. The third-order valence-corrected chi connectivity index (χ3v) is 5.15. The molecule has 0 radical (unpaired) electrons. The van der Waals surface area contributed by atoms with Crippen LogP contribution in [0.1, 0.15) is 12.4 Å². The fraction of sp³-hybridized carbons (Fsp3) is 0.167. The molecule has 0 unspecified atom stereocenters. The van der Waals surface area contributed by atoms with E-state index in [1.165, 1.54) is 16.4 Å². The normalized spacial score (nSPS) is 11.4. The quantitative estimate of drug-likeness (QED) is 0.391. The van der Waals surface area contributed by atoms with Crippen LogP contribution >= 0.6 is 11.8 Å². The molecular weight excluding hydrogens is 386 g/mol. The van der Waals surface area contributed by atoms with Gasteiger partial charge in [0.05, 0.1) is 23.9 Å². The Hall–Kier alpha value is -3.14. The summed E-state index contributed by atoms with van der Waals surface area (Å²) >= 11 is 1.19. The molecule has 2 aromatic heterocycles. The van der Waals surface area contributed by atoms with Gasteiger partial charge in [-0.05, 0) is 36.4 Å². The molecule has 2 aromatic carbocycles. The molecular formula is C18H16F2N6OS. The molecule has 0 spiro atoms. The Labute approximate surface area is 163 Å². The molecule has 0 bridgehead atoms. The van der Waals surface area contributed by atoms with Crippen molar-refractivity contribution in [2.75, 3.05) is 13.0 Å². The Morgan fingerprint density at radius 3 is 2.57 bits per heavy atom. The Morgan fingerprint density at radius 1 is 1.11 bits per heavy atom. The van der Waals surface area contributed by atoms with E-state index in [0.29, 0.717) is 27.8 Å². The highest BCUT2D eigenvalue weighted by atomic mass is 32.2. The van der Waals surface area contributed by atoms with Crippen molar-refractivity contribution >= 4 is 22.8 Å². The van der Waals surface area contributed by atoms with Crippen molar-refractivity contribution in [3.8, 4) is 17.1 Å². The number of imidazole rings is 1. The van der Waals surface area contributed by atoms with Crippen molar-refractivity contribution in [2.24, 2.45) is 0 Å². The molecule has 4 aromatic rings. The van der Waals surface area contributed by atoms with Crippen molar-refractivity contribution < 1.29 is 13.5 Å². The SMILES string of the molecule is COc1ccc(-c2nnc(SCc3nc4ccccc4n3C(F)F)n2N)cc1. The molecule has 144 valence electrons. The molecule has 0 aliphatic carbocycles. The summed E-state index contributed by atoms with van der Waals surface area (Å²) < 4.78 is 34.4. The second kappa shape index (κ2) is 7.47. The molecule has 0 atom stereocenters. The summed E-state index contributed by atoms with van der Waals surface area (Å²) in [5.74, 6) is 7.71. The lowest BCUT2D eigenvalue weighted by atomic mass is 10.2. The van der Waals surface area contributed by atoms with Gasteiger partial charge in [-0.1, -0.05) is 23.9 Å². The summed E-state index contributed by atoms with van der Waals surface area (Å²) in [6.45, 7) is -2.69. The maximum Gasteiger partial charge on any atom is 0.320 e. The molecule has 0 saturated carbocycles. The highest BCUT2D eigenvalue weighted by molar-refractivity contribution is 7.98. The van der Waals surface area contributed by atoms with Crippen molar-refractivity contribution in [1.82, 2.24) is 24.4 Å². The molecule has 0 amide bonds. The van der Waals surface area contributed by atoms with Gasteiger partial charge < -0.3 is 10.6 Å². The van der Waals surface area contributed by atoms with E-state index in [0.717, 1.165) is 10.1 Å². The number of benzene rings is 2. The predicted octanol–water partition coefficient (Wildman–Crippen LogP) is 3.70. The van der Waals surface area contributed by atoms with Crippen molar-refractivity contribution in [3.05, 3.63) is 54.4 Å². The van der Waals surface area contributed by atoms with E-state index in [-0.39, 0.29) is 11.6 Å². The van der Waals surface area contributed by atoms with Gasteiger partial charge in [-0.15, -0.1) is 10.2 Å². The number of alkyl halides is 2. The minimum Gasteiger partial charge on any atom is -0.497 e. The Balaban J connectivity index is 1.58. The summed E-state index contributed by atoms with van der Waals surface area (Å²) in [4.78, 5) is 4.31. The monoisotopic (exact) mass is 402 g/mol. The molecule has 0 aliphatic heterocycles.